The standard InChI is InChI=1S/C18H32O15.H2O/c1-4-7(21)9(23)12(26)17(29-4)33-15-8(22)5(2-19)31-18(13(15)27)32-14-6(3-20)30-16(28)11(25)10(14)24;/h4-28H,2-3H2,1H3;1H2/t4-,5+,6+,7+,8-,9+,10+,11+,12-,13+,14+,15-,16+,17-,18-;/m0./s1. The summed E-state index contributed by atoms with van der Waals surface area (Å²) >= 11 is 0. The van der Waals surface area contributed by atoms with E-state index in [1.54, 1.807) is 0 Å². The number of hydrogen-bond donors (Lipinski definition) is 10. The Morgan fingerprint density at radius 1 is 0.559 bits per heavy atom. The summed E-state index contributed by atoms with van der Waals surface area (Å²) in [4.78, 5) is 0. The molecule has 0 radical (unpaired) electrons. The molecule has 12 N–H and O–H groups in total. The third-order valence-corrected chi connectivity index (χ3v) is 6.05. The summed E-state index contributed by atoms with van der Waals surface area (Å²) in [5, 5.41) is 99.9. The Balaban J connectivity index is 0.00000408. The van der Waals surface area contributed by atoms with Gasteiger partial charge in [-0.2, -0.15) is 0 Å². The van der Waals surface area contributed by atoms with Crippen LogP contribution in [-0.4, -0.2) is 162 Å². The zero-order chi connectivity index (χ0) is 24.6. The van der Waals surface area contributed by atoms with E-state index in [1.165, 1.54) is 6.92 Å². The lowest BCUT2D eigenvalue weighted by molar-refractivity contribution is -0.377. The van der Waals surface area contributed by atoms with Gasteiger partial charge in [0.1, 0.15) is 67.1 Å². The molecular formula is C18H34O16. The van der Waals surface area contributed by atoms with Crippen molar-refractivity contribution in [1.82, 2.24) is 0 Å². The molecule has 0 aromatic rings. The number of ether oxygens (including phenoxy) is 5. The van der Waals surface area contributed by atoms with Gasteiger partial charge in [-0.15, -0.1) is 0 Å². The molecule has 3 saturated heterocycles. The fourth-order valence-corrected chi connectivity index (χ4v) is 4.00. The van der Waals surface area contributed by atoms with E-state index < -0.39 is 105 Å². The van der Waals surface area contributed by atoms with Crippen molar-refractivity contribution in [3.63, 3.8) is 0 Å². The van der Waals surface area contributed by atoms with E-state index in [0.717, 1.165) is 0 Å². The second-order valence-corrected chi connectivity index (χ2v) is 8.32. The maximum Gasteiger partial charge on any atom is 0.187 e. The summed E-state index contributed by atoms with van der Waals surface area (Å²) in [7, 11) is 0. The molecule has 202 valence electrons. The highest BCUT2D eigenvalue weighted by atomic mass is 16.7. The molecule has 0 aromatic heterocycles. The smallest absolute Gasteiger partial charge is 0.187 e. The SMILES string of the molecule is C[C@@H]1O[C@@H](O[C@H]2[C@@H](O)[C@@H](CO)O[C@@H](O[C@H]3[C@H](O)[C@@H](O)[C@H](O)O[C@@H]3CO)[C@@H]2O)[C@@H](O)[C@H](O)[C@@H]1O.O. The van der Waals surface area contributed by atoms with Crippen LogP contribution in [0.25, 0.3) is 0 Å². The Hall–Kier alpha value is -0.640. The van der Waals surface area contributed by atoms with Crippen molar-refractivity contribution in [2.45, 2.75) is 99.0 Å². The van der Waals surface area contributed by atoms with Crippen LogP contribution in [0.4, 0.5) is 0 Å². The van der Waals surface area contributed by atoms with E-state index in [-0.39, 0.29) is 5.48 Å². The molecular weight excluding hydrogens is 472 g/mol. The summed E-state index contributed by atoms with van der Waals surface area (Å²) in [5.41, 5.74) is 0. The summed E-state index contributed by atoms with van der Waals surface area (Å²) in [6.45, 7) is -0.122. The minimum atomic E-state index is -1.84. The van der Waals surface area contributed by atoms with Crippen molar-refractivity contribution in [3.8, 4) is 0 Å². The molecule has 0 amide bonds. The molecule has 34 heavy (non-hydrogen) atoms. The largest absolute Gasteiger partial charge is 0.412 e. The first kappa shape index (κ1) is 29.6. The summed E-state index contributed by atoms with van der Waals surface area (Å²) in [5.74, 6) is 0. The summed E-state index contributed by atoms with van der Waals surface area (Å²) in [6, 6.07) is 0. The van der Waals surface area contributed by atoms with E-state index in [2.05, 4.69) is 0 Å². The van der Waals surface area contributed by atoms with E-state index in [9.17, 15) is 51.1 Å². The van der Waals surface area contributed by atoms with Crippen molar-refractivity contribution in [3.05, 3.63) is 0 Å². The van der Waals surface area contributed by atoms with Crippen LogP contribution in [0.3, 0.4) is 0 Å². The van der Waals surface area contributed by atoms with Gasteiger partial charge in [0, 0.05) is 0 Å². The minimum absolute atomic E-state index is 0. The first-order chi connectivity index (χ1) is 15.5. The third kappa shape index (κ3) is 5.68. The Bertz CT molecular complexity index is 625. The summed E-state index contributed by atoms with van der Waals surface area (Å²) < 4.78 is 26.6. The maximum atomic E-state index is 10.7. The van der Waals surface area contributed by atoms with E-state index >= 15 is 0 Å². The Labute approximate surface area is 193 Å². The third-order valence-electron chi connectivity index (χ3n) is 6.05. The van der Waals surface area contributed by atoms with Gasteiger partial charge in [-0.25, -0.2) is 0 Å². The number of rotatable bonds is 6. The van der Waals surface area contributed by atoms with E-state index in [0.29, 0.717) is 0 Å². The monoisotopic (exact) mass is 506 g/mol. The van der Waals surface area contributed by atoms with Gasteiger partial charge in [0.2, 0.25) is 0 Å². The highest BCUT2D eigenvalue weighted by Crippen LogP contribution is 2.32. The molecule has 0 bridgehead atoms. The van der Waals surface area contributed by atoms with Crippen LogP contribution in [0.15, 0.2) is 0 Å². The Kier molecular flexibility index (Phi) is 10.5. The van der Waals surface area contributed by atoms with Gasteiger partial charge in [0.15, 0.2) is 18.9 Å². The maximum absolute atomic E-state index is 10.7. The van der Waals surface area contributed by atoms with Crippen LogP contribution in [-0.2, 0) is 23.7 Å². The summed E-state index contributed by atoms with van der Waals surface area (Å²) in [6.07, 6.45) is -23.9. The topological polar surface area (TPSA) is 280 Å². The molecule has 3 aliphatic rings. The molecule has 15 atom stereocenters. The molecule has 16 heteroatoms. The molecule has 3 fully saturated rings. The number of aliphatic hydroxyl groups is 10. The van der Waals surface area contributed by atoms with E-state index in [1.807, 2.05) is 0 Å². The van der Waals surface area contributed by atoms with Crippen LogP contribution >= 0.6 is 0 Å². The first-order valence-corrected chi connectivity index (χ1v) is 10.4. The average Bonchev–Trinajstić information content (AvgIpc) is 2.79. The van der Waals surface area contributed by atoms with Crippen LogP contribution in [0.1, 0.15) is 6.92 Å². The Morgan fingerprint density at radius 2 is 1.12 bits per heavy atom. The van der Waals surface area contributed by atoms with Gasteiger partial charge >= 0.3 is 0 Å². The molecule has 3 aliphatic heterocycles. The molecule has 3 rings (SSSR count). The normalized spacial score (nSPS) is 52.1. The molecule has 3 heterocycles. The lowest BCUT2D eigenvalue weighted by Crippen LogP contribution is -2.66. The fourth-order valence-electron chi connectivity index (χ4n) is 4.00. The van der Waals surface area contributed by atoms with E-state index in [4.69, 9.17) is 23.7 Å². The van der Waals surface area contributed by atoms with Gasteiger partial charge in [0.25, 0.3) is 0 Å². The second kappa shape index (κ2) is 12.1. The number of aliphatic hydroxyl groups excluding tert-OH is 10. The first-order valence-electron chi connectivity index (χ1n) is 10.4. The van der Waals surface area contributed by atoms with Crippen LogP contribution in [0.5, 0.6) is 0 Å². The molecule has 0 saturated carbocycles. The van der Waals surface area contributed by atoms with Crippen molar-refractivity contribution in [2.24, 2.45) is 0 Å². The number of hydrogen-bond acceptors (Lipinski definition) is 15. The second-order valence-electron chi connectivity index (χ2n) is 8.32. The molecule has 16 nitrogen and oxygen atoms in total. The fraction of sp³-hybridized carbons (Fsp3) is 1.00. The Morgan fingerprint density at radius 3 is 1.71 bits per heavy atom. The minimum Gasteiger partial charge on any atom is -0.412 e. The van der Waals surface area contributed by atoms with Crippen molar-refractivity contribution in [2.75, 3.05) is 13.2 Å². The van der Waals surface area contributed by atoms with Gasteiger partial charge < -0.3 is 80.2 Å². The van der Waals surface area contributed by atoms with Crippen molar-refractivity contribution in [1.29, 1.82) is 0 Å². The zero-order valence-electron chi connectivity index (χ0n) is 18.1. The van der Waals surface area contributed by atoms with Gasteiger partial charge in [0.05, 0.1) is 19.3 Å². The van der Waals surface area contributed by atoms with Gasteiger partial charge in [-0.05, 0) is 6.92 Å². The lowest BCUT2D eigenvalue weighted by atomic mass is 9.96. The van der Waals surface area contributed by atoms with Crippen molar-refractivity contribution >= 4 is 0 Å². The quantitative estimate of drug-likeness (QED) is 0.160. The van der Waals surface area contributed by atoms with Gasteiger partial charge in [-0.3, -0.25) is 0 Å². The zero-order valence-corrected chi connectivity index (χ0v) is 18.1. The average molecular weight is 506 g/mol. The van der Waals surface area contributed by atoms with Crippen molar-refractivity contribution < 1.29 is 80.2 Å². The molecule has 0 aromatic carbocycles. The molecule has 0 spiro atoms. The highest BCUT2D eigenvalue weighted by Gasteiger charge is 2.53. The predicted molar refractivity (Wildman–Crippen MR) is 103 cm³/mol. The predicted octanol–water partition coefficient (Wildman–Crippen LogP) is -7.37. The lowest BCUT2D eigenvalue weighted by Gasteiger charge is -2.47. The van der Waals surface area contributed by atoms with Crippen LogP contribution in [0, 0.1) is 0 Å². The molecule has 0 aliphatic carbocycles. The van der Waals surface area contributed by atoms with Gasteiger partial charge in [-0.1, -0.05) is 0 Å². The molecule has 0 unspecified atom stereocenters. The van der Waals surface area contributed by atoms with Crippen LogP contribution < -0.4 is 0 Å². The highest BCUT2D eigenvalue weighted by molar-refractivity contribution is 4.96. The van der Waals surface area contributed by atoms with Crippen LogP contribution in [0.2, 0.25) is 0 Å².